The smallest absolute Gasteiger partial charge is 0.258 e. The highest BCUT2D eigenvalue weighted by molar-refractivity contribution is 7.13. The quantitative estimate of drug-likeness (QED) is 0.901. The minimum Gasteiger partial charge on any atom is -0.328 e. The predicted molar refractivity (Wildman–Crippen MR) is 90.8 cm³/mol. The van der Waals surface area contributed by atoms with Crippen molar-refractivity contribution in [2.75, 3.05) is 18.4 Å². The van der Waals surface area contributed by atoms with Gasteiger partial charge in [0.05, 0.1) is 11.3 Å². The average Bonchev–Trinajstić information content (AvgIpc) is 2.95. The molecule has 0 aliphatic carbocycles. The molecule has 2 N–H and O–H groups in total. The van der Waals surface area contributed by atoms with Gasteiger partial charge in [0.15, 0.2) is 5.13 Å². The Labute approximate surface area is 138 Å². The largest absolute Gasteiger partial charge is 0.328 e. The van der Waals surface area contributed by atoms with Crippen molar-refractivity contribution in [2.24, 2.45) is 5.92 Å². The molecular formula is C16H20N4O2S. The summed E-state index contributed by atoms with van der Waals surface area (Å²) in [5.74, 6) is 0.468. The van der Waals surface area contributed by atoms with Crippen molar-refractivity contribution in [3.8, 4) is 0 Å². The van der Waals surface area contributed by atoms with E-state index in [0.29, 0.717) is 10.7 Å². The van der Waals surface area contributed by atoms with Crippen LogP contribution >= 0.6 is 11.3 Å². The summed E-state index contributed by atoms with van der Waals surface area (Å²) in [6.07, 6.45) is 3.94. The number of pyridine rings is 1. The normalized spacial score (nSPS) is 18.7. The summed E-state index contributed by atoms with van der Waals surface area (Å²) in [6.45, 7) is 5.33. The van der Waals surface area contributed by atoms with Crippen LogP contribution in [-0.4, -0.2) is 33.9 Å². The number of nitrogens with zero attached hydrogens (tertiary/aromatic N) is 2. The van der Waals surface area contributed by atoms with Gasteiger partial charge in [-0.3, -0.25) is 19.8 Å². The van der Waals surface area contributed by atoms with Crippen molar-refractivity contribution in [1.29, 1.82) is 0 Å². The number of thiazole rings is 1. The lowest BCUT2D eigenvalue weighted by molar-refractivity contribution is 0.102. The second-order valence-corrected chi connectivity index (χ2v) is 6.88. The summed E-state index contributed by atoms with van der Waals surface area (Å²) in [5.41, 5.74) is 1.17. The number of H-pyrrole nitrogens is 1. The minimum atomic E-state index is -0.270. The van der Waals surface area contributed by atoms with E-state index in [0.717, 1.165) is 31.2 Å². The Hall–Kier alpha value is -1.99. The maximum Gasteiger partial charge on any atom is 0.258 e. The molecule has 6 nitrogen and oxygen atoms in total. The molecule has 23 heavy (non-hydrogen) atoms. The zero-order valence-electron chi connectivity index (χ0n) is 13.0. The molecule has 1 aliphatic heterocycles. The van der Waals surface area contributed by atoms with Crippen molar-refractivity contribution in [2.45, 2.75) is 26.3 Å². The number of piperidine rings is 1. The van der Waals surface area contributed by atoms with E-state index in [4.69, 9.17) is 0 Å². The van der Waals surface area contributed by atoms with E-state index in [1.54, 1.807) is 0 Å². The molecule has 0 unspecified atom stereocenters. The number of hydrogen-bond acceptors (Lipinski definition) is 5. The van der Waals surface area contributed by atoms with E-state index < -0.39 is 0 Å². The maximum atomic E-state index is 12.1. The van der Waals surface area contributed by atoms with Crippen LogP contribution in [0.15, 0.2) is 28.5 Å². The number of carbonyl (C=O) groups excluding carboxylic acids is 1. The molecule has 1 fully saturated rings. The Bertz CT molecular complexity index is 719. The van der Waals surface area contributed by atoms with Gasteiger partial charge in [-0.05, 0) is 31.4 Å². The van der Waals surface area contributed by atoms with E-state index in [9.17, 15) is 9.59 Å². The fourth-order valence-corrected chi connectivity index (χ4v) is 3.51. The van der Waals surface area contributed by atoms with Crippen molar-refractivity contribution in [3.05, 3.63) is 45.3 Å². The summed E-state index contributed by atoms with van der Waals surface area (Å²) in [4.78, 5) is 32.5. The fourth-order valence-electron chi connectivity index (χ4n) is 2.82. The second-order valence-electron chi connectivity index (χ2n) is 6.02. The van der Waals surface area contributed by atoms with Gasteiger partial charge in [0.2, 0.25) is 5.56 Å². The number of anilines is 1. The Morgan fingerprint density at radius 2 is 2.39 bits per heavy atom. The van der Waals surface area contributed by atoms with Crippen LogP contribution in [0.3, 0.4) is 0 Å². The van der Waals surface area contributed by atoms with Gasteiger partial charge >= 0.3 is 0 Å². The zero-order chi connectivity index (χ0) is 16.2. The summed E-state index contributed by atoms with van der Waals surface area (Å²) < 4.78 is 0. The third-order valence-electron chi connectivity index (χ3n) is 3.95. The van der Waals surface area contributed by atoms with Crippen LogP contribution in [0.25, 0.3) is 0 Å². The molecule has 2 aromatic heterocycles. The Balaban J connectivity index is 1.59. The first kappa shape index (κ1) is 15.9. The van der Waals surface area contributed by atoms with Gasteiger partial charge in [0.1, 0.15) is 0 Å². The van der Waals surface area contributed by atoms with Gasteiger partial charge in [-0.1, -0.05) is 6.92 Å². The highest BCUT2D eigenvalue weighted by Gasteiger charge is 2.17. The standard InChI is InChI=1S/C16H20N4O2S/c1-11-3-2-6-20(8-11)9-13-10-23-16(18-13)19-15(22)12-4-5-14(21)17-7-12/h4-5,7,10-11H,2-3,6,8-9H2,1H3,(H,17,21)(H,18,19,22)/t11-/m1/s1. The molecule has 1 atom stereocenters. The predicted octanol–water partition coefficient (Wildman–Crippen LogP) is 2.32. The molecule has 1 saturated heterocycles. The molecule has 0 aromatic carbocycles. The van der Waals surface area contributed by atoms with Crippen LogP contribution in [0.2, 0.25) is 0 Å². The number of carbonyl (C=O) groups is 1. The Kier molecular flexibility index (Phi) is 4.88. The number of amides is 1. The fraction of sp³-hybridized carbons (Fsp3) is 0.438. The third kappa shape index (κ3) is 4.27. The number of aromatic nitrogens is 2. The lowest BCUT2D eigenvalue weighted by Gasteiger charge is -2.30. The average molecular weight is 332 g/mol. The summed E-state index contributed by atoms with van der Waals surface area (Å²) in [6, 6.07) is 2.83. The molecular weight excluding hydrogens is 312 g/mol. The van der Waals surface area contributed by atoms with E-state index >= 15 is 0 Å². The van der Waals surface area contributed by atoms with Gasteiger partial charge in [0, 0.05) is 30.7 Å². The summed E-state index contributed by atoms with van der Waals surface area (Å²) >= 11 is 1.42. The van der Waals surface area contributed by atoms with E-state index in [1.165, 1.54) is 42.5 Å². The second kappa shape index (κ2) is 7.06. The molecule has 2 aromatic rings. The number of hydrogen-bond donors (Lipinski definition) is 2. The molecule has 0 spiro atoms. The molecule has 0 saturated carbocycles. The first-order chi connectivity index (χ1) is 11.1. The maximum absolute atomic E-state index is 12.1. The number of nitrogens with one attached hydrogen (secondary N) is 2. The number of rotatable bonds is 4. The van der Waals surface area contributed by atoms with Gasteiger partial charge in [0.25, 0.3) is 5.91 Å². The van der Waals surface area contributed by atoms with Gasteiger partial charge in [-0.15, -0.1) is 11.3 Å². The SMILES string of the molecule is C[C@@H]1CCCN(Cc2csc(NC(=O)c3ccc(=O)[nH]c3)n2)C1. The molecule has 1 amide bonds. The van der Waals surface area contributed by atoms with E-state index in [2.05, 4.69) is 27.1 Å². The Morgan fingerprint density at radius 1 is 1.52 bits per heavy atom. The Morgan fingerprint density at radius 3 is 3.13 bits per heavy atom. The van der Waals surface area contributed by atoms with Crippen molar-refractivity contribution < 1.29 is 4.79 Å². The van der Waals surface area contributed by atoms with Crippen molar-refractivity contribution >= 4 is 22.4 Å². The van der Waals surface area contributed by atoms with Crippen LogP contribution in [0.4, 0.5) is 5.13 Å². The third-order valence-corrected chi connectivity index (χ3v) is 4.75. The number of likely N-dealkylation sites (tertiary alicyclic amines) is 1. The van der Waals surface area contributed by atoms with Crippen LogP contribution in [0, 0.1) is 5.92 Å². The first-order valence-corrected chi connectivity index (χ1v) is 8.65. The first-order valence-electron chi connectivity index (χ1n) is 7.77. The van der Waals surface area contributed by atoms with E-state index in [-0.39, 0.29) is 11.5 Å². The molecule has 1 aliphatic rings. The molecule has 0 radical (unpaired) electrons. The molecule has 0 bridgehead atoms. The van der Waals surface area contributed by atoms with Crippen molar-refractivity contribution in [3.63, 3.8) is 0 Å². The number of aromatic amines is 1. The van der Waals surface area contributed by atoms with Gasteiger partial charge < -0.3 is 4.98 Å². The lowest BCUT2D eigenvalue weighted by Crippen LogP contribution is -2.33. The van der Waals surface area contributed by atoms with Gasteiger partial charge in [-0.2, -0.15) is 0 Å². The molecule has 122 valence electrons. The van der Waals surface area contributed by atoms with E-state index in [1.807, 2.05) is 5.38 Å². The monoisotopic (exact) mass is 332 g/mol. The van der Waals surface area contributed by atoms with Crippen LogP contribution in [0.5, 0.6) is 0 Å². The molecule has 7 heteroatoms. The van der Waals surface area contributed by atoms with Crippen LogP contribution < -0.4 is 10.9 Å². The topological polar surface area (TPSA) is 78.1 Å². The molecule has 3 rings (SSSR count). The van der Waals surface area contributed by atoms with Crippen molar-refractivity contribution in [1.82, 2.24) is 14.9 Å². The van der Waals surface area contributed by atoms with Crippen LogP contribution in [0.1, 0.15) is 35.8 Å². The summed E-state index contributed by atoms with van der Waals surface area (Å²) in [7, 11) is 0. The highest BCUT2D eigenvalue weighted by atomic mass is 32.1. The van der Waals surface area contributed by atoms with Gasteiger partial charge in [-0.25, -0.2) is 4.98 Å². The zero-order valence-corrected chi connectivity index (χ0v) is 13.9. The lowest BCUT2D eigenvalue weighted by atomic mass is 10.0. The minimum absolute atomic E-state index is 0.228. The summed E-state index contributed by atoms with van der Waals surface area (Å²) in [5, 5.41) is 5.34. The molecule has 3 heterocycles. The van der Waals surface area contributed by atoms with Crippen LogP contribution in [-0.2, 0) is 6.54 Å². The highest BCUT2D eigenvalue weighted by Crippen LogP contribution is 2.21.